The third-order valence-corrected chi connectivity index (χ3v) is 3.27. The summed E-state index contributed by atoms with van der Waals surface area (Å²) in [5.41, 5.74) is -1.14. The molecule has 96 valence electrons. The molecule has 2 nitrogen and oxygen atoms in total. The van der Waals surface area contributed by atoms with E-state index in [0.717, 1.165) is 6.07 Å². The van der Waals surface area contributed by atoms with Crippen LogP contribution in [0.5, 0.6) is 0 Å². The first-order valence-corrected chi connectivity index (χ1v) is 5.55. The predicted octanol–water partition coefficient (Wildman–Crippen LogP) is 2.60. The van der Waals surface area contributed by atoms with Crippen LogP contribution in [0.2, 0.25) is 0 Å². The normalized spacial score (nSPS) is 12.9. The summed E-state index contributed by atoms with van der Waals surface area (Å²) in [6.45, 7) is 7.26. The average molecular weight is 243 g/mol. The van der Waals surface area contributed by atoms with Crippen molar-refractivity contribution in [2.75, 3.05) is 0 Å². The quantitative estimate of drug-likeness (QED) is 0.852. The lowest BCUT2D eigenvalue weighted by Crippen LogP contribution is -2.55. The van der Waals surface area contributed by atoms with Gasteiger partial charge in [0, 0.05) is 23.7 Å². The molecule has 0 heterocycles. The van der Waals surface area contributed by atoms with Crippen LogP contribution >= 0.6 is 0 Å². The summed E-state index contributed by atoms with van der Waals surface area (Å²) < 4.78 is 26.1. The Morgan fingerprint density at radius 2 is 1.76 bits per heavy atom. The van der Waals surface area contributed by atoms with Gasteiger partial charge in [0.1, 0.15) is 11.6 Å². The molecule has 0 bridgehead atoms. The number of hydrogen-bond donors (Lipinski definition) is 2. The number of rotatable bonds is 4. The highest BCUT2D eigenvalue weighted by molar-refractivity contribution is 5.18. The van der Waals surface area contributed by atoms with Gasteiger partial charge in [0.15, 0.2) is 0 Å². The van der Waals surface area contributed by atoms with Crippen LogP contribution in [0.15, 0.2) is 18.2 Å². The second kappa shape index (κ2) is 4.70. The molecule has 1 rings (SSSR count). The zero-order valence-corrected chi connectivity index (χ0v) is 10.6. The molecule has 0 aliphatic carbocycles. The lowest BCUT2D eigenvalue weighted by Gasteiger charge is -2.38. The van der Waals surface area contributed by atoms with Crippen LogP contribution in [-0.4, -0.2) is 16.2 Å². The van der Waals surface area contributed by atoms with Crippen molar-refractivity contribution >= 4 is 0 Å². The van der Waals surface area contributed by atoms with Crippen LogP contribution in [0.25, 0.3) is 0 Å². The Bertz CT molecular complexity index is 397. The number of halogens is 2. The van der Waals surface area contributed by atoms with Gasteiger partial charge in [0.05, 0.1) is 5.60 Å². The molecule has 0 spiro atoms. The van der Waals surface area contributed by atoms with E-state index >= 15 is 0 Å². The van der Waals surface area contributed by atoms with Crippen molar-refractivity contribution in [2.24, 2.45) is 0 Å². The van der Waals surface area contributed by atoms with Crippen molar-refractivity contribution in [2.45, 2.75) is 45.4 Å². The first-order valence-electron chi connectivity index (χ1n) is 5.55. The van der Waals surface area contributed by atoms with Gasteiger partial charge < -0.3 is 10.4 Å². The Kier molecular flexibility index (Phi) is 3.89. The van der Waals surface area contributed by atoms with E-state index in [4.69, 9.17) is 0 Å². The maximum atomic E-state index is 13.4. The Hall–Kier alpha value is -1.00. The van der Waals surface area contributed by atoms with Crippen molar-refractivity contribution in [1.82, 2.24) is 5.32 Å². The lowest BCUT2D eigenvalue weighted by molar-refractivity contribution is -0.00544. The summed E-state index contributed by atoms with van der Waals surface area (Å²) in [5.74, 6) is -1.17. The molecular weight excluding hydrogens is 224 g/mol. The average Bonchev–Trinajstić information content (AvgIpc) is 2.14. The van der Waals surface area contributed by atoms with E-state index in [-0.39, 0.29) is 6.54 Å². The summed E-state index contributed by atoms with van der Waals surface area (Å²) in [7, 11) is 0. The van der Waals surface area contributed by atoms with Crippen molar-refractivity contribution in [3.63, 3.8) is 0 Å². The van der Waals surface area contributed by atoms with Gasteiger partial charge in [-0.05, 0) is 33.8 Å². The van der Waals surface area contributed by atoms with Crippen molar-refractivity contribution in [1.29, 1.82) is 0 Å². The van der Waals surface area contributed by atoms with Crippen LogP contribution in [-0.2, 0) is 6.54 Å². The fourth-order valence-corrected chi connectivity index (χ4v) is 1.20. The SMILES string of the molecule is CC(C)(O)C(C)(C)NCc1ccc(F)cc1F. The molecule has 4 heteroatoms. The maximum Gasteiger partial charge on any atom is 0.130 e. The van der Waals surface area contributed by atoms with E-state index < -0.39 is 22.8 Å². The first kappa shape index (κ1) is 14.1. The molecule has 17 heavy (non-hydrogen) atoms. The van der Waals surface area contributed by atoms with E-state index in [1.54, 1.807) is 13.8 Å². The molecule has 0 amide bonds. The van der Waals surface area contributed by atoms with Crippen molar-refractivity contribution < 1.29 is 13.9 Å². The van der Waals surface area contributed by atoms with E-state index in [2.05, 4.69) is 5.32 Å². The van der Waals surface area contributed by atoms with Gasteiger partial charge in [0.2, 0.25) is 0 Å². The fraction of sp³-hybridized carbons (Fsp3) is 0.538. The summed E-state index contributed by atoms with van der Waals surface area (Å²) in [6, 6.07) is 3.48. The summed E-state index contributed by atoms with van der Waals surface area (Å²) >= 11 is 0. The van der Waals surface area contributed by atoms with E-state index in [9.17, 15) is 13.9 Å². The topological polar surface area (TPSA) is 32.3 Å². The highest BCUT2D eigenvalue weighted by atomic mass is 19.1. The molecule has 1 aromatic carbocycles. The highest BCUT2D eigenvalue weighted by Crippen LogP contribution is 2.21. The Labute approximate surface area is 101 Å². The molecule has 0 aromatic heterocycles. The molecule has 0 fully saturated rings. The van der Waals surface area contributed by atoms with Gasteiger partial charge in [0.25, 0.3) is 0 Å². The third-order valence-electron chi connectivity index (χ3n) is 3.27. The highest BCUT2D eigenvalue weighted by Gasteiger charge is 2.34. The van der Waals surface area contributed by atoms with Crippen LogP contribution < -0.4 is 5.32 Å². The molecule has 0 aliphatic rings. The Morgan fingerprint density at radius 3 is 2.24 bits per heavy atom. The second-order valence-electron chi connectivity index (χ2n) is 5.27. The molecule has 0 saturated heterocycles. The molecule has 0 saturated carbocycles. The van der Waals surface area contributed by atoms with Crippen LogP contribution in [0.4, 0.5) is 8.78 Å². The number of benzene rings is 1. The van der Waals surface area contributed by atoms with E-state index in [0.29, 0.717) is 5.56 Å². The zero-order valence-electron chi connectivity index (χ0n) is 10.6. The molecular formula is C13H19F2NO. The molecule has 2 N–H and O–H groups in total. The van der Waals surface area contributed by atoms with Crippen LogP contribution in [0.1, 0.15) is 33.3 Å². The predicted molar refractivity (Wildman–Crippen MR) is 63.6 cm³/mol. The van der Waals surface area contributed by atoms with E-state index in [1.165, 1.54) is 12.1 Å². The Morgan fingerprint density at radius 1 is 1.18 bits per heavy atom. The lowest BCUT2D eigenvalue weighted by atomic mass is 9.86. The smallest absolute Gasteiger partial charge is 0.130 e. The molecule has 0 unspecified atom stereocenters. The van der Waals surface area contributed by atoms with Crippen LogP contribution in [0.3, 0.4) is 0 Å². The fourth-order valence-electron chi connectivity index (χ4n) is 1.20. The van der Waals surface area contributed by atoms with Crippen molar-refractivity contribution in [3.05, 3.63) is 35.4 Å². The zero-order chi connectivity index (χ0) is 13.3. The summed E-state index contributed by atoms with van der Waals surface area (Å²) in [4.78, 5) is 0. The van der Waals surface area contributed by atoms with Gasteiger partial charge in [-0.25, -0.2) is 8.78 Å². The third kappa shape index (κ3) is 3.48. The largest absolute Gasteiger partial charge is 0.389 e. The Balaban J connectivity index is 2.74. The van der Waals surface area contributed by atoms with Gasteiger partial charge in [-0.2, -0.15) is 0 Å². The maximum absolute atomic E-state index is 13.4. The molecule has 0 aliphatic heterocycles. The molecule has 1 aromatic rings. The van der Waals surface area contributed by atoms with Gasteiger partial charge >= 0.3 is 0 Å². The van der Waals surface area contributed by atoms with Crippen LogP contribution in [0, 0.1) is 11.6 Å². The number of hydrogen-bond acceptors (Lipinski definition) is 2. The summed E-state index contributed by atoms with van der Waals surface area (Å²) in [6.07, 6.45) is 0. The minimum atomic E-state index is -0.941. The molecule has 0 atom stereocenters. The standard InChI is InChI=1S/C13H19F2NO/c1-12(2,13(3,4)17)16-8-9-5-6-10(14)7-11(9)15/h5-7,16-17H,8H2,1-4H3. The summed E-state index contributed by atoms with van der Waals surface area (Å²) in [5, 5.41) is 13.0. The van der Waals surface area contributed by atoms with Gasteiger partial charge in [-0.3, -0.25) is 0 Å². The number of aliphatic hydroxyl groups is 1. The minimum Gasteiger partial charge on any atom is -0.389 e. The first-order chi connectivity index (χ1) is 7.63. The number of nitrogens with one attached hydrogen (secondary N) is 1. The van der Waals surface area contributed by atoms with Crippen molar-refractivity contribution in [3.8, 4) is 0 Å². The monoisotopic (exact) mass is 243 g/mol. The van der Waals surface area contributed by atoms with E-state index in [1.807, 2.05) is 13.8 Å². The second-order valence-corrected chi connectivity index (χ2v) is 5.27. The van der Waals surface area contributed by atoms with Gasteiger partial charge in [-0.1, -0.05) is 6.07 Å². The minimum absolute atomic E-state index is 0.239. The molecule has 0 radical (unpaired) electrons. The van der Waals surface area contributed by atoms with Gasteiger partial charge in [-0.15, -0.1) is 0 Å².